The molecule has 4 nitrogen and oxygen atoms in total. The van der Waals surface area contributed by atoms with Gasteiger partial charge in [-0.25, -0.2) is 0 Å². The van der Waals surface area contributed by atoms with E-state index in [-0.39, 0.29) is 0 Å². The SMILES string of the molecule is CCCCCCCCCCCCCCCCCCCCCCC(=S)OCC(COC(=S)CCCCCCCCCCCCCCCCCCCCCC)(COC(=S)CCCCCCCCCCCCCCCCCCCCCC)COC(=S)CCCCCCCCCCCCCCCCCCCCCC. The Morgan fingerprint density at radius 3 is 0.324 bits per heavy atom. The molecule has 0 unspecified atom stereocenters. The summed E-state index contributed by atoms with van der Waals surface area (Å²) >= 11 is 24.1. The van der Waals surface area contributed by atoms with Crippen LogP contribution in [0.25, 0.3) is 0 Å². The summed E-state index contributed by atoms with van der Waals surface area (Å²) in [5.74, 6) is 0. The van der Waals surface area contributed by atoms with Crippen molar-refractivity contribution in [3.05, 3.63) is 0 Å². The highest BCUT2D eigenvalue weighted by molar-refractivity contribution is 7.80. The first kappa shape index (κ1) is 105. The average molecular weight is 1550 g/mol. The van der Waals surface area contributed by atoms with Crippen molar-refractivity contribution in [2.75, 3.05) is 26.4 Å². The molecule has 0 aliphatic heterocycles. The van der Waals surface area contributed by atoms with Crippen LogP contribution in [0.1, 0.15) is 567 Å². The van der Waals surface area contributed by atoms with Gasteiger partial charge in [-0.15, -0.1) is 0 Å². The maximum absolute atomic E-state index is 6.62. The predicted molar refractivity (Wildman–Crippen MR) is 487 cm³/mol. The van der Waals surface area contributed by atoms with Gasteiger partial charge in [0.1, 0.15) is 31.8 Å². The van der Waals surface area contributed by atoms with E-state index < -0.39 is 5.41 Å². The fraction of sp³-hybridized carbons (Fsp3) is 0.959. The molecule has 0 N–H and O–H groups in total. The Labute approximate surface area is 682 Å². The number of unbranched alkanes of at least 4 members (excludes halogenated alkanes) is 76. The van der Waals surface area contributed by atoms with E-state index in [2.05, 4.69) is 27.7 Å². The topological polar surface area (TPSA) is 36.9 Å². The molecule has 0 bridgehead atoms. The lowest BCUT2D eigenvalue weighted by Crippen LogP contribution is -2.43. The van der Waals surface area contributed by atoms with Crippen molar-refractivity contribution in [1.82, 2.24) is 0 Å². The molecular formula is C97H188O4S4. The summed E-state index contributed by atoms with van der Waals surface area (Å²) in [6, 6.07) is 0. The van der Waals surface area contributed by atoms with Crippen LogP contribution < -0.4 is 0 Å². The summed E-state index contributed by atoms with van der Waals surface area (Å²) in [7, 11) is 0. The number of rotatable bonds is 92. The van der Waals surface area contributed by atoms with Crippen LogP contribution in [0, 0.1) is 5.41 Å². The number of ether oxygens (including phenoxy) is 4. The van der Waals surface area contributed by atoms with Gasteiger partial charge in [0, 0.05) is 25.7 Å². The lowest BCUT2D eigenvalue weighted by Gasteiger charge is -2.33. The number of hydrogen-bond donors (Lipinski definition) is 0. The summed E-state index contributed by atoms with van der Waals surface area (Å²) < 4.78 is 26.5. The van der Waals surface area contributed by atoms with Gasteiger partial charge in [0.05, 0.1) is 0 Å². The molecule has 105 heavy (non-hydrogen) atoms. The van der Waals surface area contributed by atoms with E-state index in [4.69, 9.17) is 67.8 Å². The molecule has 0 fully saturated rings. The van der Waals surface area contributed by atoms with Crippen molar-refractivity contribution in [1.29, 1.82) is 0 Å². The summed E-state index contributed by atoms with van der Waals surface area (Å²) in [6.45, 7) is 10.6. The number of hydrogen-bond acceptors (Lipinski definition) is 8. The smallest absolute Gasteiger partial charge is 0.159 e. The van der Waals surface area contributed by atoms with Crippen molar-refractivity contribution in [3.63, 3.8) is 0 Å². The highest BCUT2D eigenvalue weighted by Gasteiger charge is 2.37. The van der Waals surface area contributed by atoms with Gasteiger partial charge in [-0.1, -0.05) is 516 Å². The molecule has 0 heterocycles. The third kappa shape index (κ3) is 85.8. The molecule has 0 aliphatic rings. The zero-order valence-corrected chi connectivity index (χ0v) is 75.3. The number of thiocarbonyl (C=S) groups is 4. The van der Waals surface area contributed by atoms with Crippen molar-refractivity contribution < 1.29 is 18.9 Å². The third-order valence-corrected chi connectivity index (χ3v) is 24.4. The fourth-order valence-corrected chi connectivity index (χ4v) is 16.4. The van der Waals surface area contributed by atoms with Crippen molar-refractivity contribution in [3.8, 4) is 0 Å². The van der Waals surface area contributed by atoms with E-state index in [1.165, 1.54) is 488 Å². The summed E-state index contributed by atoms with van der Waals surface area (Å²) in [6.07, 6.45) is 113. The molecule has 0 rings (SSSR count). The Kier molecular flexibility index (Phi) is 90.4. The van der Waals surface area contributed by atoms with Crippen LogP contribution in [0.3, 0.4) is 0 Å². The first-order chi connectivity index (χ1) is 51.8. The van der Waals surface area contributed by atoms with Crippen LogP contribution in [0.15, 0.2) is 0 Å². The third-order valence-electron chi connectivity index (χ3n) is 23.1. The Bertz CT molecular complexity index is 1480. The largest absolute Gasteiger partial charge is 0.486 e. The van der Waals surface area contributed by atoms with E-state index in [0.717, 1.165) is 51.4 Å². The minimum absolute atomic E-state index is 0.330. The van der Waals surface area contributed by atoms with E-state index in [0.29, 0.717) is 46.6 Å². The van der Waals surface area contributed by atoms with E-state index in [9.17, 15) is 0 Å². The van der Waals surface area contributed by atoms with Gasteiger partial charge < -0.3 is 18.9 Å². The van der Waals surface area contributed by atoms with Crippen LogP contribution >= 0.6 is 48.9 Å². The molecule has 0 spiro atoms. The van der Waals surface area contributed by atoms with E-state index in [1.54, 1.807) is 0 Å². The van der Waals surface area contributed by atoms with Crippen LogP contribution in [0.2, 0.25) is 0 Å². The fourth-order valence-electron chi connectivity index (χ4n) is 15.6. The molecule has 0 aromatic rings. The van der Waals surface area contributed by atoms with Crippen molar-refractivity contribution >= 4 is 69.1 Å². The summed E-state index contributed by atoms with van der Waals surface area (Å²) in [4.78, 5) is 0. The van der Waals surface area contributed by atoms with Gasteiger partial charge in [-0.3, -0.25) is 0 Å². The van der Waals surface area contributed by atoms with Crippen LogP contribution in [0.5, 0.6) is 0 Å². The lowest BCUT2D eigenvalue weighted by atomic mass is 9.92. The molecule has 0 aromatic heterocycles. The molecule has 8 heteroatoms. The Hall–Kier alpha value is -0.440. The second kappa shape index (κ2) is 90.7. The van der Waals surface area contributed by atoms with Crippen LogP contribution in [0.4, 0.5) is 0 Å². The lowest BCUT2D eigenvalue weighted by molar-refractivity contribution is -0.0163. The van der Waals surface area contributed by atoms with Crippen molar-refractivity contribution in [2.24, 2.45) is 5.41 Å². The first-order valence-electron chi connectivity index (χ1n) is 48.4. The summed E-state index contributed by atoms with van der Waals surface area (Å²) in [5, 5.41) is 2.69. The zero-order valence-electron chi connectivity index (χ0n) is 72.0. The molecule has 0 saturated heterocycles. The van der Waals surface area contributed by atoms with Gasteiger partial charge in [-0.05, 0) is 74.6 Å². The minimum Gasteiger partial charge on any atom is -0.486 e. The molecule has 0 aliphatic carbocycles. The standard InChI is InChI=1S/C97H188O4S4/c1-5-9-13-17-21-25-29-33-37-41-45-49-53-57-61-65-69-73-77-81-85-93(102)98-89-97(90-99-94(103)86-82-78-74-70-66-62-58-54-50-46-42-38-34-30-26-22-18-14-10-6-2,91-100-95(104)87-83-79-75-71-67-63-59-55-51-47-43-39-35-31-27-23-19-15-11-7-3)92-101-96(105)88-84-80-76-72-68-64-60-56-52-48-44-40-36-32-28-24-20-16-12-8-4/h5-92H2,1-4H3. The molecule has 0 aromatic carbocycles. The first-order valence-corrected chi connectivity index (χ1v) is 50.1. The molecule has 0 saturated carbocycles. The Morgan fingerprint density at radius 2 is 0.229 bits per heavy atom. The van der Waals surface area contributed by atoms with Gasteiger partial charge in [0.15, 0.2) is 20.2 Å². The van der Waals surface area contributed by atoms with Crippen LogP contribution in [-0.2, 0) is 18.9 Å². The maximum atomic E-state index is 6.62. The monoisotopic (exact) mass is 1550 g/mol. The quantitative estimate of drug-likeness (QED) is 0.0441. The zero-order chi connectivity index (χ0) is 75.9. The van der Waals surface area contributed by atoms with Gasteiger partial charge >= 0.3 is 0 Å². The average Bonchev–Trinajstić information content (AvgIpc) is 0.860. The van der Waals surface area contributed by atoms with E-state index in [1.807, 2.05) is 0 Å². The Balaban J connectivity index is 5.37. The predicted octanol–water partition coefficient (Wildman–Crippen LogP) is 36.2. The van der Waals surface area contributed by atoms with E-state index >= 15 is 0 Å². The molecular weight excluding hydrogens is 1360 g/mol. The highest BCUT2D eigenvalue weighted by atomic mass is 32.1. The molecule has 0 atom stereocenters. The molecule has 0 amide bonds. The second-order valence-electron chi connectivity index (χ2n) is 34.0. The van der Waals surface area contributed by atoms with Crippen molar-refractivity contribution in [2.45, 2.75) is 567 Å². The normalized spacial score (nSPS) is 11.7. The highest BCUT2D eigenvalue weighted by Crippen LogP contribution is 2.27. The Morgan fingerprint density at radius 1 is 0.143 bits per heavy atom. The second-order valence-corrected chi connectivity index (χ2v) is 35.8. The molecule has 624 valence electrons. The maximum Gasteiger partial charge on any atom is 0.159 e. The van der Waals surface area contributed by atoms with Crippen LogP contribution in [-0.4, -0.2) is 46.6 Å². The summed E-state index contributed by atoms with van der Waals surface area (Å²) in [5.41, 5.74) is -0.677. The van der Waals surface area contributed by atoms with Gasteiger partial charge in [0.2, 0.25) is 0 Å². The molecule has 0 radical (unpaired) electrons. The minimum atomic E-state index is -0.677. The van der Waals surface area contributed by atoms with Gasteiger partial charge in [0.25, 0.3) is 0 Å². The van der Waals surface area contributed by atoms with Gasteiger partial charge in [-0.2, -0.15) is 0 Å².